The van der Waals surface area contributed by atoms with Gasteiger partial charge in [0.25, 0.3) is 0 Å². The van der Waals surface area contributed by atoms with Crippen LogP contribution in [0.25, 0.3) is 0 Å². The molecule has 0 spiro atoms. The van der Waals surface area contributed by atoms with Gasteiger partial charge in [-0.3, -0.25) is 9.79 Å². The molecule has 2 atom stereocenters. The van der Waals surface area contributed by atoms with Gasteiger partial charge in [0.1, 0.15) is 5.84 Å². The Bertz CT molecular complexity index is 401. The van der Waals surface area contributed by atoms with Crippen molar-refractivity contribution in [2.24, 2.45) is 4.99 Å². The first-order valence-corrected chi connectivity index (χ1v) is 5.95. The van der Waals surface area contributed by atoms with Crippen molar-refractivity contribution in [1.29, 1.82) is 0 Å². The topological polar surface area (TPSA) is 64.9 Å². The summed E-state index contributed by atoms with van der Waals surface area (Å²) in [5.41, 5.74) is 2.61. The van der Waals surface area contributed by atoms with Gasteiger partial charge in [-0.05, 0) is 26.3 Å². The molecule has 1 saturated heterocycles. The van der Waals surface area contributed by atoms with Crippen LogP contribution in [0.4, 0.5) is 0 Å². The number of nitrogens with zero attached hydrogens (tertiary/aromatic N) is 2. The fourth-order valence-corrected chi connectivity index (χ4v) is 2.50. The number of aliphatic imine (C=N–C) groups is 1. The monoisotopic (exact) mass is 237 g/mol. The van der Waals surface area contributed by atoms with Gasteiger partial charge in [0, 0.05) is 24.7 Å². The Balaban J connectivity index is 2.08. The molecule has 5 heteroatoms. The average molecular weight is 237 g/mol. The van der Waals surface area contributed by atoms with Gasteiger partial charge in [0.05, 0.1) is 12.6 Å². The second-order valence-corrected chi connectivity index (χ2v) is 4.77. The Morgan fingerprint density at radius 1 is 1.59 bits per heavy atom. The minimum Gasteiger partial charge on any atom is -0.480 e. The third-order valence-corrected chi connectivity index (χ3v) is 3.56. The van der Waals surface area contributed by atoms with E-state index in [-0.39, 0.29) is 18.6 Å². The van der Waals surface area contributed by atoms with Crippen molar-refractivity contribution < 1.29 is 9.90 Å². The Kier molecular flexibility index (Phi) is 3.19. The molecule has 2 unspecified atom stereocenters. The van der Waals surface area contributed by atoms with Gasteiger partial charge < -0.3 is 15.3 Å². The second kappa shape index (κ2) is 4.49. The van der Waals surface area contributed by atoms with E-state index in [1.54, 1.807) is 0 Å². The first-order chi connectivity index (χ1) is 7.99. The molecule has 0 aromatic rings. The highest BCUT2D eigenvalue weighted by atomic mass is 16.4. The van der Waals surface area contributed by atoms with Crippen molar-refractivity contribution >= 4 is 11.8 Å². The van der Waals surface area contributed by atoms with Crippen LogP contribution < -0.4 is 5.32 Å². The van der Waals surface area contributed by atoms with Crippen LogP contribution in [-0.2, 0) is 4.79 Å². The van der Waals surface area contributed by atoms with E-state index in [1.807, 2.05) is 6.92 Å². The number of nitrogens with one attached hydrogen (secondary N) is 1. The molecular formula is C12H19N3O2. The molecule has 2 rings (SSSR count). The zero-order chi connectivity index (χ0) is 12.6. The molecule has 0 amide bonds. The molecule has 2 N–H and O–H groups in total. The van der Waals surface area contributed by atoms with Crippen LogP contribution in [0.5, 0.6) is 0 Å². The summed E-state index contributed by atoms with van der Waals surface area (Å²) in [6, 6.07) is 0.464. The molecule has 2 heterocycles. The molecule has 2 aliphatic rings. The number of hydrogen-bond donors (Lipinski definition) is 2. The maximum atomic E-state index is 10.5. The fraction of sp³-hybridized carbons (Fsp3) is 0.667. The first kappa shape index (κ1) is 12.1. The van der Waals surface area contributed by atoms with E-state index in [0.717, 1.165) is 18.8 Å². The fourth-order valence-electron chi connectivity index (χ4n) is 2.50. The zero-order valence-corrected chi connectivity index (χ0v) is 10.5. The van der Waals surface area contributed by atoms with Crippen LogP contribution in [0.2, 0.25) is 0 Å². The molecule has 94 valence electrons. The van der Waals surface area contributed by atoms with Gasteiger partial charge in [-0.15, -0.1) is 0 Å². The van der Waals surface area contributed by atoms with E-state index in [2.05, 4.69) is 29.1 Å². The number of hydrogen-bond acceptors (Lipinski definition) is 4. The number of carboxylic acids is 1. The standard InChI is InChI=1S/C12H19N3O2/c1-7-8(2)14-9(3)15-6-10(4-11(7)15)13-5-12(16)17/h8,10,13H,4-6H2,1-3H3,(H,16,17). The minimum absolute atomic E-state index is 0.0244. The third kappa shape index (κ3) is 2.34. The summed E-state index contributed by atoms with van der Waals surface area (Å²) < 4.78 is 0. The molecule has 0 aliphatic carbocycles. The minimum atomic E-state index is -0.806. The lowest BCUT2D eigenvalue weighted by Gasteiger charge is -2.28. The number of aliphatic carboxylic acids is 1. The van der Waals surface area contributed by atoms with E-state index < -0.39 is 5.97 Å². The van der Waals surface area contributed by atoms with Crippen LogP contribution in [0, 0.1) is 0 Å². The van der Waals surface area contributed by atoms with Crippen molar-refractivity contribution in [1.82, 2.24) is 10.2 Å². The highest BCUT2D eigenvalue weighted by Crippen LogP contribution is 2.30. The molecule has 0 radical (unpaired) electrons. The summed E-state index contributed by atoms with van der Waals surface area (Å²) in [6.45, 7) is 7.07. The summed E-state index contributed by atoms with van der Waals surface area (Å²) in [4.78, 5) is 17.3. The Morgan fingerprint density at radius 3 is 2.94 bits per heavy atom. The Labute approximate surface area is 101 Å². The van der Waals surface area contributed by atoms with E-state index in [0.29, 0.717) is 0 Å². The van der Waals surface area contributed by atoms with Gasteiger partial charge in [0.2, 0.25) is 0 Å². The van der Waals surface area contributed by atoms with Gasteiger partial charge >= 0.3 is 5.97 Å². The van der Waals surface area contributed by atoms with Crippen molar-refractivity contribution in [3.63, 3.8) is 0 Å². The molecule has 0 aromatic carbocycles. The molecule has 2 aliphatic heterocycles. The summed E-state index contributed by atoms with van der Waals surface area (Å²) in [5, 5.41) is 11.7. The van der Waals surface area contributed by atoms with Gasteiger partial charge in [-0.25, -0.2) is 0 Å². The first-order valence-electron chi connectivity index (χ1n) is 5.95. The summed E-state index contributed by atoms with van der Waals surface area (Å²) in [6.07, 6.45) is 0.899. The van der Waals surface area contributed by atoms with Crippen molar-refractivity contribution in [3.8, 4) is 0 Å². The highest BCUT2D eigenvalue weighted by molar-refractivity contribution is 5.83. The molecule has 0 aromatic heterocycles. The lowest BCUT2D eigenvalue weighted by atomic mass is 10.0. The van der Waals surface area contributed by atoms with Crippen LogP contribution in [0.1, 0.15) is 27.2 Å². The van der Waals surface area contributed by atoms with Crippen LogP contribution in [0.15, 0.2) is 16.3 Å². The SMILES string of the molecule is CC1=NC(C)C(C)=C2CC(NCC(=O)O)CN12. The largest absolute Gasteiger partial charge is 0.480 e. The van der Waals surface area contributed by atoms with Crippen molar-refractivity contribution in [2.45, 2.75) is 39.3 Å². The molecule has 1 fully saturated rings. The predicted molar refractivity (Wildman–Crippen MR) is 66.0 cm³/mol. The second-order valence-electron chi connectivity index (χ2n) is 4.77. The lowest BCUT2D eigenvalue weighted by molar-refractivity contribution is -0.136. The third-order valence-electron chi connectivity index (χ3n) is 3.56. The van der Waals surface area contributed by atoms with Gasteiger partial charge in [0.15, 0.2) is 0 Å². The van der Waals surface area contributed by atoms with E-state index in [9.17, 15) is 4.79 Å². The number of rotatable bonds is 3. The molecule has 5 nitrogen and oxygen atoms in total. The highest BCUT2D eigenvalue weighted by Gasteiger charge is 2.33. The number of carboxylic acid groups (broad SMARTS) is 1. The number of carbonyl (C=O) groups is 1. The van der Waals surface area contributed by atoms with Crippen LogP contribution in [-0.4, -0.2) is 47.0 Å². The maximum Gasteiger partial charge on any atom is 0.317 e. The zero-order valence-electron chi connectivity index (χ0n) is 10.5. The normalized spacial score (nSPS) is 28.2. The molecule has 0 bridgehead atoms. The summed E-state index contributed by atoms with van der Waals surface area (Å²) in [5.74, 6) is 0.233. The summed E-state index contributed by atoms with van der Waals surface area (Å²) in [7, 11) is 0. The van der Waals surface area contributed by atoms with E-state index in [4.69, 9.17) is 5.11 Å². The molecular weight excluding hydrogens is 218 g/mol. The number of amidine groups is 1. The Hall–Kier alpha value is -1.36. The van der Waals surface area contributed by atoms with Crippen molar-refractivity contribution in [2.75, 3.05) is 13.1 Å². The van der Waals surface area contributed by atoms with E-state index in [1.165, 1.54) is 11.3 Å². The Morgan fingerprint density at radius 2 is 2.29 bits per heavy atom. The maximum absolute atomic E-state index is 10.5. The smallest absolute Gasteiger partial charge is 0.317 e. The molecule has 0 saturated carbocycles. The average Bonchev–Trinajstić information content (AvgIpc) is 2.68. The quantitative estimate of drug-likeness (QED) is 0.763. The van der Waals surface area contributed by atoms with Gasteiger partial charge in [-0.2, -0.15) is 0 Å². The lowest BCUT2D eigenvalue weighted by Crippen LogP contribution is -2.37. The van der Waals surface area contributed by atoms with Crippen LogP contribution >= 0.6 is 0 Å². The summed E-state index contributed by atoms with van der Waals surface area (Å²) >= 11 is 0. The van der Waals surface area contributed by atoms with Crippen molar-refractivity contribution in [3.05, 3.63) is 11.3 Å². The van der Waals surface area contributed by atoms with Crippen LogP contribution in [0.3, 0.4) is 0 Å². The predicted octanol–water partition coefficient (Wildman–Crippen LogP) is 0.829. The van der Waals surface area contributed by atoms with E-state index >= 15 is 0 Å². The van der Waals surface area contributed by atoms with Gasteiger partial charge in [-0.1, -0.05) is 0 Å². The molecule has 17 heavy (non-hydrogen) atoms. The number of fused-ring (bicyclic) bond motifs is 1.